The normalized spacial score (nSPS) is 20.3. The molecule has 2 atom stereocenters. The molecule has 0 fully saturated rings. The van der Waals surface area contributed by atoms with Crippen molar-refractivity contribution in [1.82, 2.24) is 10.2 Å². The van der Waals surface area contributed by atoms with E-state index in [0.717, 1.165) is 11.1 Å². The number of likely N-dealkylation sites (N-methyl/N-ethyl adjacent to an activating group) is 1. The maximum atomic E-state index is 11.3. The lowest BCUT2D eigenvalue weighted by Gasteiger charge is -2.37. The van der Waals surface area contributed by atoms with Gasteiger partial charge in [0.05, 0.1) is 12.1 Å². The molecule has 1 aromatic carbocycles. The summed E-state index contributed by atoms with van der Waals surface area (Å²) in [5.41, 5.74) is 2.14. The van der Waals surface area contributed by atoms with E-state index in [4.69, 9.17) is 0 Å². The Balaban J connectivity index is 2.25. The first-order chi connectivity index (χ1) is 8.63. The van der Waals surface area contributed by atoms with Crippen molar-refractivity contribution in [3.8, 4) is 0 Å². The Bertz CT molecular complexity index is 436. The van der Waals surface area contributed by atoms with Crippen LogP contribution in [0, 0.1) is 0 Å². The highest BCUT2D eigenvalue weighted by molar-refractivity contribution is 5.66. The second-order valence-corrected chi connectivity index (χ2v) is 4.58. The van der Waals surface area contributed by atoms with Gasteiger partial charge >= 0.3 is 6.09 Å². The fourth-order valence-corrected chi connectivity index (χ4v) is 2.45. The highest BCUT2D eigenvalue weighted by Gasteiger charge is 2.33. The molecule has 0 bridgehead atoms. The molecule has 1 aliphatic heterocycles. The molecule has 2 rings (SSSR count). The van der Waals surface area contributed by atoms with Gasteiger partial charge in [0, 0.05) is 13.1 Å². The van der Waals surface area contributed by atoms with E-state index in [2.05, 4.69) is 5.32 Å². The minimum atomic E-state index is -0.982. The molecule has 1 amide bonds. The van der Waals surface area contributed by atoms with Crippen LogP contribution in [0.15, 0.2) is 24.3 Å². The van der Waals surface area contributed by atoms with E-state index in [1.807, 2.05) is 24.3 Å². The third kappa shape index (κ3) is 2.47. The monoisotopic (exact) mass is 250 g/mol. The van der Waals surface area contributed by atoms with E-state index in [1.54, 1.807) is 7.05 Å². The summed E-state index contributed by atoms with van der Waals surface area (Å²) >= 11 is 0. The second kappa shape index (κ2) is 5.37. The van der Waals surface area contributed by atoms with Crippen LogP contribution in [-0.4, -0.2) is 46.9 Å². The average molecular weight is 250 g/mol. The van der Waals surface area contributed by atoms with Crippen LogP contribution in [0.4, 0.5) is 4.79 Å². The maximum absolute atomic E-state index is 11.3. The molecular weight excluding hydrogens is 232 g/mol. The molecule has 18 heavy (non-hydrogen) atoms. The topological polar surface area (TPSA) is 72.8 Å². The van der Waals surface area contributed by atoms with Crippen molar-refractivity contribution in [2.45, 2.75) is 25.1 Å². The second-order valence-electron chi connectivity index (χ2n) is 4.58. The van der Waals surface area contributed by atoms with Gasteiger partial charge in [-0.3, -0.25) is 4.90 Å². The lowest BCUT2D eigenvalue weighted by molar-refractivity contribution is 0.0398. The van der Waals surface area contributed by atoms with Gasteiger partial charge in [-0.05, 0) is 24.6 Å². The summed E-state index contributed by atoms with van der Waals surface area (Å²) in [5.74, 6) is 0. The zero-order chi connectivity index (χ0) is 13.1. The van der Waals surface area contributed by atoms with Crippen molar-refractivity contribution in [3.63, 3.8) is 0 Å². The molecule has 0 aromatic heterocycles. The lowest BCUT2D eigenvalue weighted by Crippen LogP contribution is -2.52. The van der Waals surface area contributed by atoms with Crippen molar-refractivity contribution in [2.24, 2.45) is 0 Å². The average Bonchev–Trinajstić information content (AvgIpc) is 2.37. The van der Waals surface area contributed by atoms with E-state index in [-0.39, 0.29) is 6.04 Å². The van der Waals surface area contributed by atoms with Crippen LogP contribution >= 0.6 is 0 Å². The molecule has 0 spiro atoms. The fourth-order valence-electron chi connectivity index (χ4n) is 2.45. The minimum absolute atomic E-state index is 0.344. The Kier molecular flexibility index (Phi) is 3.84. The van der Waals surface area contributed by atoms with Crippen LogP contribution in [-0.2, 0) is 13.0 Å². The summed E-state index contributed by atoms with van der Waals surface area (Å²) in [6.45, 7) is 0.730. The number of nitrogens with one attached hydrogen (secondary N) is 1. The summed E-state index contributed by atoms with van der Waals surface area (Å²) in [4.78, 5) is 12.6. The first kappa shape index (κ1) is 12.9. The summed E-state index contributed by atoms with van der Waals surface area (Å²) in [6, 6.07) is 7.39. The first-order valence-corrected chi connectivity index (χ1v) is 6.02. The number of aliphatic hydroxyl groups excluding tert-OH is 1. The largest absolute Gasteiger partial charge is 0.465 e. The summed E-state index contributed by atoms with van der Waals surface area (Å²) in [6.07, 6.45) is -1.12. The Hall–Kier alpha value is -1.59. The van der Waals surface area contributed by atoms with Gasteiger partial charge in [-0.2, -0.15) is 0 Å². The van der Waals surface area contributed by atoms with Crippen LogP contribution in [0.3, 0.4) is 0 Å². The molecule has 0 radical (unpaired) electrons. The van der Waals surface area contributed by atoms with Crippen LogP contribution < -0.4 is 5.32 Å². The summed E-state index contributed by atoms with van der Waals surface area (Å²) in [5, 5.41) is 22.2. The van der Waals surface area contributed by atoms with Gasteiger partial charge in [0.2, 0.25) is 0 Å². The van der Waals surface area contributed by atoms with Gasteiger partial charge in [-0.25, -0.2) is 4.79 Å². The smallest absolute Gasteiger partial charge is 0.407 e. The highest BCUT2D eigenvalue weighted by Crippen LogP contribution is 2.25. The lowest BCUT2D eigenvalue weighted by atomic mass is 9.91. The molecule has 1 aliphatic rings. The van der Waals surface area contributed by atoms with E-state index in [0.29, 0.717) is 19.5 Å². The molecule has 0 saturated heterocycles. The summed E-state index contributed by atoms with van der Waals surface area (Å²) in [7, 11) is 1.74. The number of aliphatic hydroxyl groups is 1. The number of carboxylic acid groups (broad SMARTS) is 1. The third-order valence-electron chi connectivity index (χ3n) is 3.39. The Morgan fingerprint density at radius 3 is 2.78 bits per heavy atom. The van der Waals surface area contributed by atoms with Gasteiger partial charge in [0.1, 0.15) is 0 Å². The quantitative estimate of drug-likeness (QED) is 0.737. The zero-order valence-electron chi connectivity index (χ0n) is 10.3. The molecule has 1 unspecified atom stereocenters. The van der Waals surface area contributed by atoms with Crippen LogP contribution in [0.5, 0.6) is 0 Å². The maximum Gasteiger partial charge on any atom is 0.407 e. The molecule has 1 heterocycles. The van der Waals surface area contributed by atoms with Crippen LogP contribution in [0.25, 0.3) is 0 Å². The molecule has 5 nitrogen and oxygen atoms in total. The number of hydrogen-bond donors (Lipinski definition) is 3. The van der Waals surface area contributed by atoms with Crippen molar-refractivity contribution in [1.29, 1.82) is 0 Å². The predicted molar refractivity (Wildman–Crippen MR) is 67.4 cm³/mol. The first-order valence-electron chi connectivity index (χ1n) is 6.02. The van der Waals surface area contributed by atoms with Crippen molar-refractivity contribution < 1.29 is 15.0 Å². The number of carbonyl (C=O) groups is 1. The van der Waals surface area contributed by atoms with Gasteiger partial charge in [0.25, 0.3) is 0 Å². The van der Waals surface area contributed by atoms with Gasteiger partial charge < -0.3 is 15.5 Å². The third-order valence-corrected chi connectivity index (χ3v) is 3.39. The number of hydrogen-bond acceptors (Lipinski definition) is 3. The Morgan fingerprint density at radius 1 is 1.50 bits per heavy atom. The zero-order valence-corrected chi connectivity index (χ0v) is 10.3. The van der Waals surface area contributed by atoms with E-state index >= 15 is 0 Å². The highest BCUT2D eigenvalue weighted by atomic mass is 16.4. The standard InChI is InChI=1S/C13H18N2O3/c1-14-7-12(16)11-6-9-4-2-3-5-10(9)8-15(11)13(17)18/h2-5,11-12,14,16H,6-8H2,1H3,(H,17,18)/t11?,12-/m1/s1. The van der Waals surface area contributed by atoms with Crippen molar-refractivity contribution >= 4 is 6.09 Å². The molecular formula is C13H18N2O3. The van der Waals surface area contributed by atoms with Gasteiger partial charge in [0.15, 0.2) is 0 Å². The molecule has 98 valence electrons. The van der Waals surface area contributed by atoms with Crippen molar-refractivity contribution in [2.75, 3.05) is 13.6 Å². The van der Waals surface area contributed by atoms with Gasteiger partial charge in [-0.1, -0.05) is 24.3 Å². The van der Waals surface area contributed by atoms with Crippen molar-refractivity contribution in [3.05, 3.63) is 35.4 Å². The number of nitrogens with zero attached hydrogens (tertiary/aromatic N) is 1. The Morgan fingerprint density at radius 2 is 2.17 bits per heavy atom. The number of amides is 1. The van der Waals surface area contributed by atoms with Gasteiger partial charge in [-0.15, -0.1) is 0 Å². The fraction of sp³-hybridized carbons (Fsp3) is 0.462. The van der Waals surface area contributed by atoms with E-state index in [1.165, 1.54) is 4.90 Å². The molecule has 0 aliphatic carbocycles. The molecule has 0 saturated carbocycles. The molecule has 3 N–H and O–H groups in total. The summed E-state index contributed by atoms with van der Waals surface area (Å²) < 4.78 is 0. The van der Waals surface area contributed by atoms with Crippen LogP contribution in [0.2, 0.25) is 0 Å². The van der Waals surface area contributed by atoms with E-state index in [9.17, 15) is 15.0 Å². The Labute approximate surface area is 106 Å². The number of rotatable bonds is 3. The minimum Gasteiger partial charge on any atom is -0.465 e. The SMILES string of the molecule is CNC[C@@H](O)C1Cc2ccccc2CN1C(=O)O. The molecule has 1 aromatic rings. The predicted octanol–water partition coefficient (Wildman–Crippen LogP) is 0.672. The number of fused-ring (bicyclic) bond motifs is 1. The van der Waals surface area contributed by atoms with E-state index < -0.39 is 12.2 Å². The number of benzene rings is 1. The molecule has 5 heteroatoms. The van der Waals surface area contributed by atoms with Crippen LogP contribution in [0.1, 0.15) is 11.1 Å².